The number of carbonyl (C=O) groups is 1. The number of carbonyl (C=O) groups excluding carboxylic acids is 1. The zero-order valence-electron chi connectivity index (χ0n) is 13.7. The van der Waals surface area contributed by atoms with E-state index in [0.29, 0.717) is 6.54 Å². The summed E-state index contributed by atoms with van der Waals surface area (Å²) in [6.07, 6.45) is 2.02. The first kappa shape index (κ1) is 17.0. The molecule has 1 unspecified atom stereocenters. The van der Waals surface area contributed by atoms with E-state index in [2.05, 4.69) is 16.3 Å². The predicted molar refractivity (Wildman–Crippen MR) is 97.7 cm³/mol. The zero-order valence-corrected chi connectivity index (χ0v) is 14.5. The van der Waals surface area contributed by atoms with Crippen LogP contribution in [0.1, 0.15) is 24.0 Å². The number of amides is 1. The maximum absolute atomic E-state index is 12.5. The number of piperidine rings is 1. The standard InChI is InChI=1S/C20H23ClN2O/c21-19-10-4-8-17(12-19)14-23-11-5-9-18(15-23)20(24)22-13-16-6-2-1-3-7-16/h1-4,6-8,10,12,18H,5,9,11,13-15H2,(H,22,24). The number of hydrogen-bond donors (Lipinski definition) is 1. The molecule has 3 nitrogen and oxygen atoms in total. The minimum Gasteiger partial charge on any atom is -0.352 e. The lowest BCUT2D eigenvalue weighted by molar-refractivity contribution is -0.126. The number of nitrogens with zero attached hydrogens (tertiary/aromatic N) is 1. The number of nitrogens with one attached hydrogen (secondary N) is 1. The first-order valence-electron chi connectivity index (χ1n) is 8.49. The lowest BCUT2D eigenvalue weighted by atomic mass is 9.96. The van der Waals surface area contributed by atoms with Crippen LogP contribution in [-0.4, -0.2) is 23.9 Å². The normalized spacial score (nSPS) is 18.3. The summed E-state index contributed by atoms with van der Waals surface area (Å²) < 4.78 is 0. The Morgan fingerprint density at radius 3 is 2.71 bits per heavy atom. The second-order valence-electron chi connectivity index (χ2n) is 6.41. The summed E-state index contributed by atoms with van der Waals surface area (Å²) >= 11 is 6.06. The maximum atomic E-state index is 12.5. The molecule has 2 aromatic rings. The summed E-state index contributed by atoms with van der Waals surface area (Å²) in [5, 5.41) is 3.84. The van der Waals surface area contributed by atoms with E-state index in [0.717, 1.165) is 43.1 Å². The van der Waals surface area contributed by atoms with Crippen molar-refractivity contribution < 1.29 is 4.79 Å². The first-order valence-corrected chi connectivity index (χ1v) is 8.87. The van der Waals surface area contributed by atoms with Crippen LogP contribution in [0.2, 0.25) is 5.02 Å². The van der Waals surface area contributed by atoms with Gasteiger partial charge in [-0.05, 0) is 42.6 Å². The van der Waals surface area contributed by atoms with Crippen LogP contribution in [0.5, 0.6) is 0 Å². The summed E-state index contributed by atoms with van der Waals surface area (Å²) in [7, 11) is 0. The quantitative estimate of drug-likeness (QED) is 0.894. The van der Waals surface area contributed by atoms with Crippen LogP contribution < -0.4 is 5.32 Å². The Hall–Kier alpha value is -1.84. The molecule has 1 fully saturated rings. The molecule has 1 saturated heterocycles. The smallest absolute Gasteiger partial charge is 0.224 e. The average Bonchev–Trinajstić information content (AvgIpc) is 2.61. The highest BCUT2D eigenvalue weighted by atomic mass is 35.5. The van der Waals surface area contributed by atoms with Gasteiger partial charge >= 0.3 is 0 Å². The molecule has 0 aliphatic carbocycles. The molecule has 2 aromatic carbocycles. The topological polar surface area (TPSA) is 32.3 Å². The fourth-order valence-electron chi connectivity index (χ4n) is 3.24. The lowest BCUT2D eigenvalue weighted by Crippen LogP contribution is -2.42. The van der Waals surface area contributed by atoms with Gasteiger partial charge in [0.1, 0.15) is 0 Å². The van der Waals surface area contributed by atoms with Crippen LogP contribution in [-0.2, 0) is 17.9 Å². The lowest BCUT2D eigenvalue weighted by Gasteiger charge is -2.32. The van der Waals surface area contributed by atoms with E-state index in [9.17, 15) is 4.79 Å². The van der Waals surface area contributed by atoms with E-state index in [4.69, 9.17) is 11.6 Å². The summed E-state index contributed by atoms with van der Waals surface area (Å²) in [6.45, 7) is 3.30. The van der Waals surface area contributed by atoms with Crippen molar-refractivity contribution in [3.63, 3.8) is 0 Å². The van der Waals surface area contributed by atoms with Crippen LogP contribution >= 0.6 is 11.6 Å². The molecule has 0 radical (unpaired) electrons. The second kappa shape index (κ2) is 8.32. The van der Waals surface area contributed by atoms with Crippen molar-refractivity contribution >= 4 is 17.5 Å². The number of likely N-dealkylation sites (tertiary alicyclic amines) is 1. The molecule has 1 heterocycles. The van der Waals surface area contributed by atoms with Crippen LogP contribution in [0, 0.1) is 5.92 Å². The maximum Gasteiger partial charge on any atom is 0.224 e. The van der Waals surface area contributed by atoms with Crippen LogP contribution in [0.15, 0.2) is 54.6 Å². The van der Waals surface area contributed by atoms with E-state index in [-0.39, 0.29) is 11.8 Å². The van der Waals surface area contributed by atoms with E-state index in [1.807, 2.05) is 48.5 Å². The van der Waals surface area contributed by atoms with Crippen molar-refractivity contribution in [1.29, 1.82) is 0 Å². The monoisotopic (exact) mass is 342 g/mol. The fraction of sp³-hybridized carbons (Fsp3) is 0.350. The van der Waals surface area contributed by atoms with Crippen molar-refractivity contribution in [3.05, 3.63) is 70.7 Å². The minimum absolute atomic E-state index is 0.0710. The molecule has 1 amide bonds. The average molecular weight is 343 g/mol. The van der Waals surface area contributed by atoms with Crippen LogP contribution in [0.25, 0.3) is 0 Å². The molecule has 0 saturated carbocycles. The fourth-order valence-corrected chi connectivity index (χ4v) is 3.45. The first-order chi connectivity index (χ1) is 11.7. The van der Waals surface area contributed by atoms with E-state index in [1.165, 1.54) is 5.56 Å². The van der Waals surface area contributed by atoms with Gasteiger partial charge in [0.2, 0.25) is 5.91 Å². The molecule has 3 rings (SSSR count). The van der Waals surface area contributed by atoms with Crippen molar-refractivity contribution in [1.82, 2.24) is 10.2 Å². The molecular formula is C20H23ClN2O. The molecule has 1 aliphatic heterocycles. The number of benzene rings is 2. The Labute approximate surface area is 148 Å². The largest absolute Gasteiger partial charge is 0.352 e. The van der Waals surface area contributed by atoms with Gasteiger partial charge < -0.3 is 5.32 Å². The van der Waals surface area contributed by atoms with E-state index < -0.39 is 0 Å². The van der Waals surface area contributed by atoms with Gasteiger partial charge in [-0.1, -0.05) is 54.1 Å². The van der Waals surface area contributed by atoms with Gasteiger partial charge in [0.05, 0.1) is 5.92 Å². The van der Waals surface area contributed by atoms with Gasteiger partial charge in [0.15, 0.2) is 0 Å². The van der Waals surface area contributed by atoms with Gasteiger partial charge in [-0.25, -0.2) is 0 Å². The molecule has 4 heteroatoms. The number of halogens is 1. The molecule has 0 aromatic heterocycles. The SMILES string of the molecule is O=C(NCc1ccccc1)C1CCCN(Cc2cccc(Cl)c2)C1. The van der Waals surface area contributed by atoms with E-state index in [1.54, 1.807) is 0 Å². The molecule has 1 N–H and O–H groups in total. The zero-order chi connectivity index (χ0) is 16.8. The summed E-state index contributed by atoms with van der Waals surface area (Å²) in [5.41, 5.74) is 2.34. The van der Waals surface area contributed by atoms with Gasteiger partial charge in [-0.3, -0.25) is 9.69 Å². The molecular weight excluding hydrogens is 320 g/mol. The Morgan fingerprint density at radius 2 is 1.92 bits per heavy atom. The van der Waals surface area contributed by atoms with Gasteiger partial charge in [-0.2, -0.15) is 0 Å². The Bertz CT molecular complexity index is 674. The molecule has 1 atom stereocenters. The third kappa shape index (κ3) is 4.83. The molecule has 0 spiro atoms. The van der Waals surface area contributed by atoms with E-state index >= 15 is 0 Å². The summed E-state index contributed by atoms with van der Waals surface area (Å²) in [4.78, 5) is 14.8. The highest BCUT2D eigenvalue weighted by molar-refractivity contribution is 6.30. The highest BCUT2D eigenvalue weighted by Gasteiger charge is 2.25. The minimum atomic E-state index is 0.0710. The van der Waals surface area contributed by atoms with Gasteiger partial charge in [0, 0.05) is 24.7 Å². The summed E-state index contributed by atoms with van der Waals surface area (Å²) in [5.74, 6) is 0.233. The van der Waals surface area contributed by atoms with Crippen molar-refractivity contribution in [2.45, 2.75) is 25.9 Å². The van der Waals surface area contributed by atoms with Crippen LogP contribution in [0.3, 0.4) is 0 Å². The summed E-state index contributed by atoms with van der Waals surface area (Å²) in [6, 6.07) is 18.0. The van der Waals surface area contributed by atoms with Crippen molar-refractivity contribution in [2.75, 3.05) is 13.1 Å². The third-order valence-electron chi connectivity index (χ3n) is 4.48. The molecule has 0 bridgehead atoms. The number of rotatable bonds is 5. The van der Waals surface area contributed by atoms with Crippen molar-refractivity contribution in [2.24, 2.45) is 5.92 Å². The Morgan fingerprint density at radius 1 is 1.12 bits per heavy atom. The number of hydrogen-bond acceptors (Lipinski definition) is 2. The Balaban J connectivity index is 1.52. The third-order valence-corrected chi connectivity index (χ3v) is 4.72. The van der Waals surface area contributed by atoms with Crippen LogP contribution in [0.4, 0.5) is 0 Å². The predicted octanol–water partition coefficient (Wildman–Crippen LogP) is 3.87. The van der Waals surface area contributed by atoms with Gasteiger partial charge in [-0.15, -0.1) is 0 Å². The van der Waals surface area contributed by atoms with Gasteiger partial charge in [0.25, 0.3) is 0 Å². The molecule has 1 aliphatic rings. The highest BCUT2D eigenvalue weighted by Crippen LogP contribution is 2.20. The Kier molecular flexibility index (Phi) is 5.89. The second-order valence-corrected chi connectivity index (χ2v) is 6.84. The molecule has 126 valence electrons. The van der Waals surface area contributed by atoms with Crippen molar-refractivity contribution in [3.8, 4) is 0 Å². The molecule has 24 heavy (non-hydrogen) atoms.